The van der Waals surface area contributed by atoms with E-state index in [-0.39, 0.29) is 11.6 Å². The summed E-state index contributed by atoms with van der Waals surface area (Å²) in [5.41, 5.74) is 3.78. The van der Waals surface area contributed by atoms with Gasteiger partial charge < -0.3 is 10.1 Å². The first-order valence-electron chi connectivity index (χ1n) is 9.14. The lowest BCUT2D eigenvalue weighted by Gasteiger charge is -2.17. The van der Waals surface area contributed by atoms with Gasteiger partial charge in [0.05, 0.1) is 6.04 Å². The molecule has 0 spiro atoms. The van der Waals surface area contributed by atoms with E-state index in [9.17, 15) is 14.9 Å². The molecule has 1 atom stereocenters. The van der Waals surface area contributed by atoms with E-state index >= 15 is 0 Å². The predicted molar refractivity (Wildman–Crippen MR) is 108 cm³/mol. The maximum atomic E-state index is 12.2. The van der Waals surface area contributed by atoms with Crippen molar-refractivity contribution >= 4 is 18.0 Å². The number of hydrogen-bond acceptors (Lipinski definition) is 4. The standard InChI is InChI=1S/C23H24N2O3/c1-4-21(19-11-7-17(3)8-12-19)25-22(26)15-28-23(27)20(14-24)13-18-9-5-16(2)6-10-18/h5-13,21H,4,15H2,1-3H3,(H,25,26)/b20-13+/t21-/m0/s1. The van der Waals surface area contributed by atoms with Gasteiger partial charge in [0.1, 0.15) is 11.6 Å². The molecule has 2 aromatic rings. The fraction of sp³-hybridized carbons (Fsp3) is 0.261. The van der Waals surface area contributed by atoms with Crippen LogP contribution in [0.25, 0.3) is 6.08 Å². The lowest BCUT2D eigenvalue weighted by atomic mass is 10.0. The SMILES string of the molecule is CC[C@H](NC(=O)COC(=O)/C(C#N)=C/c1ccc(C)cc1)c1ccc(C)cc1. The van der Waals surface area contributed by atoms with E-state index in [1.165, 1.54) is 6.08 Å². The number of nitrogens with one attached hydrogen (secondary N) is 1. The van der Waals surface area contributed by atoms with Crippen LogP contribution >= 0.6 is 0 Å². The number of ether oxygens (including phenoxy) is 1. The number of esters is 1. The van der Waals surface area contributed by atoms with Crippen LogP contribution in [-0.4, -0.2) is 18.5 Å². The quantitative estimate of drug-likeness (QED) is 0.450. The molecule has 2 aromatic carbocycles. The van der Waals surface area contributed by atoms with Crippen molar-refractivity contribution in [1.29, 1.82) is 5.26 Å². The Hall–Kier alpha value is -3.39. The molecule has 0 aliphatic heterocycles. The van der Waals surface area contributed by atoms with Crippen molar-refractivity contribution in [2.24, 2.45) is 0 Å². The fourth-order valence-electron chi connectivity index (χ4n) is 2.63. The highest BCUT2D eigenvalue weighted by atomic mass is 16.5. The minimum atomic E-state index is -0.818. The molecular weight excluding hydrogens is 352 g/mol. The molecule has 0 saturated heterocycles. The zero-order chi connectivity index (χ0) is 20.5. The minimum absolute atomic E-state index is 0.151. The van der Waals surface area contributed by atoms with Crippen molar-refractivity contribution in [2.45, 2.75) is 33.2 Å². The number of hydrogen-bond donors (Lipinski definition) is 1. The third-order valence-corrected chi connectivity index (χ3v) is 4.29. The number of carbonyl (C=O) groups excluding carboxylic acids is 2. The predicted octanol–water partition coefficient (Wildman–Crippen LogP) is 4.02. The summed E-state index contributed by atoms with van der Waals surface area (Å²) in [5, 5.41) is 12.1. The minimum Gasteiger partial charge on any atom is -0.451 e. The van der Waals surface area contributed by atoms with Crippen molar-refractivity contribution in [2.75, 3.05) is 6.61 Å². The molecule has 0 aromatic heterocycles. The van der Waals surface area contributed by atoms with Gasteiger partial charge >= 0.3 is 5.97 Å². The second-order valence-corrected chi connectivity index (χ2v) is 6.60. The highest BCUT2D eigenvalue weighted by Crippen LogP contribution is 2.17. The third kappa shape index (κ3) is 6.10. The molecule has 5 nitrogen and oxygen atoms in total. The first-order chi connectivity index (χ1) is 13.4. The summed E-state index contributed by atoms with van der Waals surface area (Å²) in [6, 6.07) is 16.9. The summed E-state index contributed by atoms with van der Waals surface area (Å²) < 4.78 is 5.01. The summed E-state index contributed by atoms with van der Waals surface area (Å²) >= 11 is 0. The van der Waals surface area contributed by atoms with Crippen LogP contribution in [0, 0.1) is 25.2 Å². The number of amides is 1. The van der Waals surface area contributed by atoms with Crippen LogP contribution in [-0.2, 0) is 14.3 Å². The van der Waals surface area contributed by atoms with Crippen molar-refractivity contribution in [3.05, 3.63) is 76.4 Å². The average molecular weight is 376 g/mol. The molecule has 0 aliphatic carbocycles. The maximum absolute atomic E-state index is 12.2. The number of nitriles is 1. The smallest absolute Gasteiger partial charge is 0.349 e. The van der Waals surface area contributed by atoms with Crippen LogP contribution in [0.15, 0.2) is 54.1 Å². The Labute approximate surface area is 165 Å². The summed E-state index contributed by atoms with van der Waals surface area (Å²) in [7, 11) is 0. The zero-order valence-electron chi connectivity index (χ0n) is 16.4. The summed E-state index contributed by atoms with van der Waals surface area (Å²) in [5.74, 6) is -1.23. The first-order valence-corrected chi connectivity index (χ1v) is 9.14. The fourth-order valence-corrected chi connectivity index (χ4v) is 2.63. The van der Waals surface area contributed by atoms with Crippen molar-refractivity contribution < 1.29 is 14.3 Å². The normalized spacial score (nSPS) is 12.0. The Morgan fingerprint density at radius 3 is 2.18 bits per heavy atom. The molecule has 0 radical (unpaired) electrons. The van der Waals surface area contributed by atoms with Crippen molar-refractivity contribution in [3.63, 3.8) is 0 Å². The Morgan fingerprint density at radius 2 is 1.64 bits per heavy atom. The van der Waals surface area contributed by atoms with Gasteiger partial charge in [-0.3, -0.25) is 4.79 Å². The van der Waals surface area contributed by atoms with Gasteiger partial charge in [-0.25, -0.2) is 4.79 Å². The molecule has 0 saturated carbocycles. The summed E-state index contributed by atoms with van der Waals surface area (Å²) in [6.07, 6.45) is 2.15. The number of aryl methyl sites for hydroxylation is 2. The van der Waals surface area contributed by atoms with Gasteiger partial charge in [-0.1, -0.05) is 66.6 Å². The molecule has 28 heavy (non-hydrogen) atoms. The molecule has 0 heterocycles. The molecule has 2 rings (SSSR count). The number of nitrogens with zero attached hydrogens (tertiary/aromatic N) is 1. The number of rotatable bonds is 7. The highest BCUT2D eigenvalue weighted by Gasteiger charge is 2.16. The Kier molecular flexibility index (Phi) is 7.53. The molecule has 1 amide bonds. The Morgan fingerprint density at radius 1 is 1.07 bits per heavy atom. The molecule has 0 fully saturated rings. The van der Waals surface area contributed by atoms with Gasteiger partial charge in [0, 0.05) is 0 Å². The van der Waals surface area contributed by atoms with E-state index in [4.69, 9.17) is 4.74 Å². The van der Waals surface area contributed by atoms with E-state index < -0.39 is 18.5 Å². The van der Waals surface area contributed by atoms with E-state index in [0.717, 1.165) is 16.7 Å². The molecular formula is C23H24N2O3. The molecule has 0 bridgehead atoms. The molecule has 0 aliphatic rings. The van der Waals surface area contributed by atoms with Gasteiger partial charge in [0.15, 0.2) is 6.61 Å². The monoisotopic (exact) mass is 376 g/mol. The molecule has 144 valence electrons. The maximum Gasteiger partial charge on any atom is 0.349 e. The number of carbonyl (C=O) groups is 2. The Bertz CT molecular complexity index is 891. The third-order valence-electron chi connectivity index (χ3n) is 4.29. The molecule has 1 N–H and O–H groups in total. The largest absolute Gasteiger partial charge is 0.451 e. The second kappa shape index (κ2) is 10.1. The second-order valence-electron chi connectivity index (χ2n) is 6.60. The first kappa shape index (κ1) is 20.9. The van der Waals surface area contributed by atoms with E-state index in [1.807, 2.05) is 63.2 Å². The van der Waals surface area contributed by atoms with Crippen LogP contribution in [0.1, 0.15) is 41.6 Å². The van der Waals surface area contributed by atoms with Crippen LogP contribution in [0.2, 0.25) is 0 Å². The number of benzene rings is 2. The van der Waals surface area contributed by atoms with Crippen LogP contribution in [0.5, 0.6) is 0 Å². The van der Waals surface area contributed by atoms with E-state index in [0.29, 0.717) is 12.0 Å². The van der Waals surface area contributed by atoms with Gasteiger partial charge in [-0.05, 0) is 37.5 Å². The van der Waals surface area contributed by atoms with Crippen molar-refractivity contribution in [1.82, 2.24) is 5.32 Å². The zero-order valence-corrected chi connectivity index (χ0v) is 16.4. The Balaban J connectivity index is 1.94. The highest BCUT2D eigenvalue weighted by molar-refractivity contribution is 5.98. The molecule has 5 heteroatoms. The van der Waals surface area contributed by atoms with Crippen LogP contribution in [0.4, 0.5) is 0 Å². The van der Waals surface area contributed by atoms with Gasteiger partial charge in [-0.2, -0.15) is 5.26 Å². The van der Waals surface area contributed by atoms with Crippen LogP contribution < -0.4 is 5.32 Å². The summed E-state index contributed by atoms with van der Waals surface area (Å²) in [6.45, 7) is 5.48. The average Bonchev–Trinajstić information content (AvgIpc) is 2.70. The lowest BCUT2D eigenvalue weighted by molar-refractivity contribution is -0.144. The summed E-state index contributed by atoms with van der Waals surface area (Å²) in [4.78, 5) is 24.3. The van der Waals surface area contributed by atoms with E-state index in [1.54, 1.807) is 12.1 Å². The van der Waals surface area contributed by atoms with Gasteiger partial charge in [0.25, 0.3) is 5.91 Å². The van der Waals surface area contributed by atoms with Crippen molar-refractivity contribution in [3.8, 4) is 6.07 Å². The van der Waals surface area contributed by atoms with E-state index in [2.05, 4.69) is 5.32 Å². The molecule has 0 unspecified atom stereocenters. The topological polar surface area (TPSA) is 79.2 Å². The van der Waals surface area contributed by atoms with Gasteiger partial charge in [-0.15, -0.1) is 0 Å². The lowest BCUT2D eigenvalue weighted by Crippen LogP contribution is -2.32. The van der Waals surface area contributed by atoms with Gasteiger partial charge in [0.2, 0.25) is 0 Å². The van der Waals surface area contributed by atoms with Crippen LogP contribution in [0.3, 0.4) is 0 Å².